The third-order valence-electron chi connectivity index (χ3n) is 3.94. The summed E-state index contributed by atoms with van der Waals surface area (Å²) in [5.41, 5.74) is -0.286. The second kappa shape index (κ2) is 6.02. The lowest BCUT2D eigenvalue weighted by molar-refractivity contribution is -0.203. The van der Waals surface area contributed by atoms with Crippen LogP contribution in [0.5, 0.6) is 0 Å². The Morgan fingerprint density at radius 3 is 2.46 bits per heavy atom. The van der Waals surface area contributed by atoms with Crippen molar-refractivity contribution in [1.29, 1.82) is 0 Å². The number of carboxylic acid groups (broad SMARTS) is 1. The van der Waals surface area contributed by atoms with Crippen LogP contribution in [0.4, 0.5) is 13.2 Å². The molecule has 0 spiro atoms. The van der Waals surface area contributed by atoms with E-state index in [0.717, 1.165) is 0 Å². The van der Waals surface area contributed by atoms with Crippen molar-refractivity contribution in [3.05, 3.63) is 64.4 Å². The molecule has 3 nitrogen and oxygen atoms in total. The highest BCUT2D eigenvalue weighted by Crippen LogP contribution is 2.48. The van der Waals surface area contributed by atoms with E-state index < -0.39 is 29.7 Å². The van der Waals surface area contributed by atoms with Crippen LogP contribution in [-0.2, 0) is 9.53 Å². The number of hydrogen-bond donors (Lipinski definition) is 1. The Morgan fingerprint density at radius 2 is 1.88 bits per heavy atom. The van der Waals surface area contributed by atoms with Crippen LogP contribution in [0.25, 0.3) is 5.57 Å². The lowest BCUT2D eigenvalue weighted by atomic mass is 9.79. The molecule has 0 bridgehead atoms. The normalized spacial score (nSPS) is 23.8. The maximum Gasteiger partial charge on any atom is 0.430 e. The van der Waals surface area contributed by atoms with Crippen molar-refractivity contribution in [1.82, 2.24) is 0 Å². The fourth-order valence-electron chi connectivity index (χ4n) is 2.97. The number of allylic oxidation sites excluding steroid dienone is 4. The Balaban J connectivity index is 2.27. The minimum absolute atomic E-state index is 0.0746. The summed E-state index contributed by atoms with van der Waals surface area (Å²) in [4.78, 5) is 11.6. The highest BCUT2D eigenvalue weighted by Gasteiger charge is 2.52. The second-order valence-electron chi connectivity index (χ2n) is 5.48. The first kappa shape index (κ1) is 16.6. The van der Waals surface area contributed by atoms with Crippen molar-refractivity contribution in [3.63, 3.8) is 0 Å². The van der Waals surface area contributed by atoms with Crippen molar-refractivity contribution in [2.75, 3.05) is 0 Å². The topological polar surface area (TPSA) is 46.5 Å². The van der Waals surface area contributed by atoms with Crippen molar-refractivity contribution >= 4 is 23.1 Å². The molecule has 1 aromatic carbocycles. The first-order valence-electron chi connectivity index (χ1n) is 7.11. The molecule has 1 N–H and O–H groups in total. The molecule has 7 heteroatoms. The number of hydrogen-bond acceptors (Lipinski definition) is 2. The van der Waals surface area contributed by atoms with Crippen LogP contribution < -0.4 is 0 Å². The molecule has 2 atom stereocenters. The molecule has 1 aliphatic heterocycles. The fraction of sp³-hybridized carbons (Fsp3) is 0.235. The minimum Gasteiger partial charge on any atom is -0.480 e. The van der Waals surface area contributed by atoms with Gasteiger partial charge in [0, 0.05) is 11.0 Å². The summed E-state index contributed by atoms with van der Waals surface area (Å²) in [6, 6.07) is 8.16. The van der Waals surface area contributed by atoms with Gasteiger partial charge in [0.05, 0.1) is 5.57 Å². The van der Waals surface area contributed by atoms with Crippen molar-refractivity contribution in [3.8, 4) is 0 Å². The van der Waals surface area contributed by atoms with E-state index in [1.165, 1.54) is 12.2 Å². The number of carboxylic acids is 1. The van der Waals surface area contributed by atoms with Gasteiger partial charge in [-0.15, -0.1) is 0 Å². The third-order valence-corrected chi connectivity index (χ3v) is 4.22. The minimum atomic E-state index is -4.84. The van der Waals surface area contributed by atoms with Gasteiger partial charge in [-0.3, -0.25) is 0 Å². The van der Waals surface area contributed by atoms with Crippen LogP contribution in [-0.4, -0.2) is 23.4 Å². The molecule has 24 heavy (non-hydrogen) atoms. The molecule has 3 rings (SSSR count). The van der Waals surface area contributed by atoms with Crippen molar-refractivity contribution in [2.45, 2.75) is 18.7 Å². The Morgan fingerprint density at radius 1 is 1.21 bits per heavy atom. The first-order chi connectivity index (χ1) is 11.3. The van der Waals surface area contributed by atoms with Gasteiger partial charge in [-0.25, -0.2) is 4.79 Å². The Hall–Kier alpha value is -2.21. The Labute approximate surface area is 140 Å². The van der Waals surface area contributed by atoms with Crippen LogP contribution in [0.1, 0.15) is 12.0 Å². The lowest BCUT2D eigenvalue weighted by Gasteiger charge is -2.37. The number of ether oxygens (including phenoxy) is 1. The van der Waals surface area contributed by atoms with Crippen molar-refractivity contribution in [2.24, 2.45) is 5.92 Å². The molecule has 0 radical (unpaired) electrons. The molecule has 126 valence electrons. The second-order valence-corrected chi connectivity index (χ2v) is 5.96. The zero-order chi connectivity index (χ0) is 17.5. The summed E-state index contributed by atoms with van der Waals surface area (Å²) in [5.74, 6) is -2.24. The van der Waals surface area contributed by atoms with Gasteiger partial charge < -0.3 is 9.84 Å². The molecule has 0 aromatic heterocycles. The molecule has 2 aliphatic rings. The summed E-state index contributed by atoms with van der Waals surface area (Å²) in [6.07, 6.45) is -4.33. The van der Waals surface area contributed by atoms with Crippen LogP contribution >= 0.6 is 11.6 Å². The zero-order valence-electron chi connectivity index (χ0n) is 12.2. The van der Waals surface area contributed by atoms with Crippen LogP contribution in [0.2, 0.25) is 0 Å². The molecule has 0 fully saturated rings. The van der Waals surface area contributed by atoms with E-state index in [9.17, 15) is 23.1 Å². The largest absolute Gasteiger partial charge is 0.480 e. The third kappa shape index (κ3) is 2.94. The maximum absolute atomic E-state index is 13.4. The summed E-state index contributed by atoms with van der Waals surface area (Å²) in [7, 11) is 0. The van der Waals surface area contributed by atoms with Gasteiger partial charge in [-0.05, 0) is 29.7 Å². The van der Waals surface area contributed by atoms with E-state index in [1.807, 2.05) is 0 Å². The van der Waals surface area contributed by atoms with Gasteiger partial charge in [0.15, 0.2) is 0 Å². The quantitative estimate of drug-likeness (QED) is 0.848. The predicted octanol–water partition coefficient (Wildman–Crippen LogP) is 4.51. The molecule has 0 saturated heterocycles. The van der Waals surface area contributed by atoms with Crippen LogP contribution in [0.15, 0.2) is 58.8 Å². The fourth-order valence-corrected chi connectivity index (χ4v) is 3.19. The number of aliphatic carboxylic acids is 1. The molecular weight excluding hydrogens is 345 g/mol. The number of benzene rings is 1. The molecule has 1 aliphatic carbocycles. The van der Waals surface area contributed by atoms with Gasteiger partial charge >= 0.3 is 12.1 Å². The lowest BCUT2D eigenvalue weighted by Crippen LogP contribution is -2.41. The smallest absolute Gasteiger partial charge is 0.430 e. The Bertz CT molecular complexity index is 763. The molecule has 1 heterocycles. The molecular formula is C17H12ClF3O3. The SMILES string of the molecule is O=C(O)C1=C(c2ccccc2)C2CC(Cl)=CC=C2OC1C(F)(F)F. The predicted molar refractivity (Wildman–Crippen MR) is 82.1 cm³/mol. The average molecular weight is 357 g/mol. The molecule has 0 amide bonds. The summed E-state index contributed by atoms with van der Waals surface area (Å²) < 4.78 is 45.2. The number of rotatable bonds is 2. The Kier molecular flexibility index (Phi) is 4.17. The molecule has 1 aromatic rings. The van der Waals surface area contributed by atoms with Crippen LogP contribution in [0.3, 0.4) is 0 Å². The number of carbonyl (C=O) groups is 1. The van der Waals surface area contributed by atoms with Gasteiger partial charge in [-0.2, -0.15) is 13.2 Å². The van der Waals surface area contributed by atoms with Crippen molar-refractivity contribution < 1.29 is 27.8 Å². The number of fused-ring (bicyclic) bond motifs is 1. The summed E-state index contributed by atoms with van der Waals surface area (Å²) >= 11 is 6.01. The number of alkyl halides is 3. The van der Waals surface area contributed by atoms with Gasteiger partial charge in [0.25, 0.3) is 0 Å². The van der Waals surface area contributed by atoms with E-state index in [2.05, 4.69) is 0 Å². The van der Waals surface area contributed by atoms with Gasteiger partial charge in [-0.1, -0.05) is 41.9 Å². The van der Waals surface area contributed by atoms with Crippen LogP contribution in [0, 0.1) is 5.92 Å². The zero-order valence-corrected chi connectivity index (χ0v) is 12.9. The standard InChI is InChI=1S/C17H12ClF3O3/c18-10-6-7-12-11(8-10)13(9-4-2-1-3-5-9)14(16(22)23)15(24-12)17(19,20)21/h1-7,11,15H,8H2,(H,22,23). The highest BCUT2D eigenvalue weighted by molar-refractivity contribution is 6.29. The molecule has 2 unspecified atom stereocenters. The van der Waals surface area contributed by atoms with E-state index in [0.29, 0.717) is 10.6 Å². The van der Waals surface area contributed by atoms with E-state index in [-0.39, 0.29) is 17.8 Å². The van der Waals surface area contributed by atoms with E-state index in [4.69, 9.17) is 16.3 Å². The maximum atomic E-state index is 13.4. The number of halogens is 4. The van der Waals surface area contributed by atoms with Gasteiger partial charge in [0.1, 0.15) is 5.76 Å². The van der Waals surface area contributed by atoms with E-state index in [1.54, 1.807) is 30.3 Å². The highest BCUT2D eigenvalue weighted by atomic mass is 35.5. The first-order valence-corrected chi connectivity index (χ1v) is 7.49. The molecule has 0 saturated carbocycles. The monoisotopic (exact) mass is 356 g/mol. The van der Waals surface area contributed by atoms with Gasteiger partial charge in [0.2, 0.25) is 6.10 Å². The van der Waals surface area contributed by atoms with E-state index >= 15 is 0 Å². The summed E-state index contributed by atoms with van der Waals surface area (Å²) in [5, 5.41) is 9.88. The average Bonchev–Trinajstić information content (AvgIpc) is 2.52. The summed E-state index contributed by atoms with van der Waals surface area (Å²) in [6.45, 7) is 0.